The van der Waals surface area contributed by atoms with Gasteiger partial charge in [0, 0.05) is 11.6 Å². The Balaban J connectivity index is 0.000000260. The van der Waals surface area contributed by atoms with Crippen LogP contribution in [0.2, 0.25) is 0 Å². The smallest absolute Gasteiger partial charge is 0.490 e. The topological polar surface area (TPSA) is 78.8 Å². The molecule has 1 atom stereocenters. The highest BCUT2D eigenvalue weighted by atomic mass is 19.4. The summed E-state index contributed by atoms with van der Waals surface area (Å²) in [6.07, 6.45) is -3.12. The number of fused-ring (bicyclic) bond motifs is 2. The van der Waals surface area contributed by atoms with E-state index in [0.29, 0.717) is 11.8 Å². The van der Waals surface area contributed by atoms with Gasteiger partial charge in [-0.25, -0.2) is 4.79 Å². The fraction of sp³-hybridized carbons (Fsp3) is 0.316. The molecule has 0 saturated carbocycles. The van der Waals surface area contributed by atoms with Crippen LogP contribution in [-0.2, 0) is 17.6 Å². The summed E-state index contributed by atoms with van der Waals surface area (Å²) >= 11 is 0. The highest BCUT2D eigenvalue weighted by Gasteiger charge is 2.38. The third-order valence-corrected chi connectivity index (χ3v) is 4.68. The molecule has 2 aliphatic rings. The number of carbonyl (C=O) groups is 1. The second-order valence-electron chi connectivity index (χ2n) is 6.30. The number of aromatic hydroxyl groups is 1. The number of nitrogens with one attached hydrogen (secondary N) is 1. The molecular formula is C19H18F3NO4. The van der Waals surface area contributed by atoms with E-state index in [1.807, 2.05) is 12.1 Å². The first-order valence-corrected chi connectivity index (χ1v) is 8.28. The largest absolute Gasteiger partial charge is 0.504 e. The van der Waals surface area contributed by atoms with Crippen LogP contribution < -0.4 is 10.1 Å². The van der Waals surface area contributed by atoms with Crippen LogP contribution in [0.5, 0.6) is 11.5 Å². The lowest BCUT2D eigenvalue weighted by molar-refractivity contribution is -0.192. The molecular weight excluding hydrogens is 363 g/mol. The van der Waals surface area contributed by atoms with E-state index in [1.165, 1.54) is 22.3 Å². The average Bonchev–Trinajstić information content (AvgIpc) is 2.61. The third kappa shape index (κ3) is 3.57. The zero-order valence-corrected chi connectivity index (χ0v) is 14.4. The summed E-state index contributed by atoms with van der Waals surface area (Å²) in [6, 6.07) is 10.6. The van der Waals surface area contributed by atoms with Crippen LogP contribution in [0.15, 0.2) is 30.3 Å². The van der Waals surface area contributed by atoms with E-state index in [4.69, 9.17) is 14.6 Å². The van der Waals surface area contributed by atoms with Crippen molar-refractivity contribution < 1.29 is 32.9 Å². The first-order valence-electron chi connectivity index (χ1n) is 8.28. The van der Waals surface area contributed by atoms with Gasteiger partial charge in [-0.2, -0.15) is 13.2 Å². The zero-order chi connectivity index (χ0) is 19.8. The highest BCUT2D eigenvalue weighted by Crippen LogP contribution is 2.50. The van der Waals surface area contributed by atoms with Gasteiger partial charge >= 0.3 is 12.1 Å². The van der Waals surface area contributed by atoms with Crippen molar-refractivity contribution >= 4 is 5.97 Å². The Morgan fingerprint density at radius 3 is 2.56 bits per heavy atom. The Bertz CT molecular complexity index is 880. The molecule has 4 rings (SSSR count). The van der Waals surface area contributed by atoms with Gasteiger partial charge in [-0.05, 0) is 47.7 Å². The Kier molecular flexibility index (Phi) is 5.01. The lowest BCUT2D eigenvalue weighted by Gasteiger charge is -2.35. The van der Waals surface area contributed by atoms with E-state index in [9.17, 15) is 18.3 Å². The molecule has 0 aromatic heterocycles. The van der Waals surface area contributed by atoms with Crippen molar-refractivity contribution in [3.05, 3.63) is 47.0 Å². The zero-order valence-electron chi connectivity index (χ0n) is 14.4. The number of alkyl halides is 3. The fourth-order valence-corrected chi connectivity index (χ4v) is 3.62. The van der Waals surface area contributed by atoms with Crippen LogP contribution in [-0.4, -0.2) is 36.0 Å². The van der Waals surface area contributed by atoms with Crippen LogP contribution >= 0.6 is 0 Å². The van der Waals surface area contributed by atoms with E-state index in [1.54, 1.807) is 7.11 Å². The van der Waals surface area contributed by atoms with Gasteiger partial charge in [0.1, 0.15) is 0 Å². The van der Waals surface area contributed by atoms with Gasteiger partial charge in [-0.15, -0.1) is 0 Å². The monoisotopic (exact) mass is 381 g/mol. The molecule has 3 N–H and O–H groups in total. The van der Waals surface area contributed by atoms with E-state index < -0.39 is 12.1 Å². The van der Waals surface area contributed by atoms with Crippen molar-refractivity contribution in [2.75, 3.05) is 13.7 Å². The first kappa shape index (κ1) is 19.0. The van der Waals surface area contributed by atoms with E-state index in [-0.39, 0.29) is 5.75 Å². The molecule has 1 aliphatic carbocycles. The van der Waals surface area contributed by atoms with Gasteiger partial charge in [0.25, 0.3) is 0 Å². The minimum Gasteiger partial charge on any atom is -0.504 e. The predicted molar refractivity (Wildman–Crippen MR) is 91.9 cm³/mol. The lowest BCUT2D eigenvalue weighted by atomic mass is 9.77. The molecule has 27 heavy (non-hydrogen) atoms. The highest BCUT2D eigenvalue weighted by molar-refractivity contribution is 5.83. The van der Waals surface area contributed by atoms with Gasteiger partial charge < -0.3 is 20.3 Å². The molecule has 0 amide bonds. The summed E-state index contributed by atoms with van der Waals surface area (Å²) in [7, 11) is 1.63. The molecule has 0 unspecified atom stereocenters. The van der Waals surface area contributed by atoms with Crippen molar-refractivity contribution in [3.63, 3.8) is 0 Å². The maximum Gasteiger partial charge on any atom is 0.490 e. The molecule has 2 aromatic rings. The average molecular weight is 381 g/mol. The molecule has 2 aromatic carbocycles. The molecule has 0 saturated heterocycles. The molecule has 144 valence electrons. The number of ether oxygens (including phenoxy) is 1. The summed E-state index contributed by atoms with van der Waals surface area (Å²) < 4.78 is 37.2. The van der Waals surface area contributed by atoms with Crippen molar-refractivity contribution in [1.29, 1.82) is 0 Å². The van der Waals surface area contributed by atoms with E-state index in [2.05, 4.69) is 23.5 Å². The number of aliphatic carboxylic acids is 1. The first-order chi connectivity index (χ1) is 12.7. The van der Waals surface area contributed by atoms with Crippen LogP contribution in [0, 0.1) is 0 Å². The summed E-state index contributed by atoms with van der Waals surface area (Å²) in [6.45, 7) is 0.963. The SMILES string of the molecule is COc1c(O)cc2c3c1-c1ccccc1C[C@H]3NCC2.O=C(O)C(F)(F)F. The minimum atomic E-state index is -5.08. The van der Waals surface area contributed by atoms with Gasteiger partial charge in [-0.1, -0.05) is 24.3 Å². The van der Waals surface area contributed by atoms with Crippen LogP contribution in [0.3, 0.4) is 0 Å². The van der Waals surface area contributed by atoms with Gasteiger partial charge in [0.05, 0.1) is 7.11 Å². The third-order valence-electron chi connectivity index (χ3n) is 4.68. The Morgan fingerprint density at radius 1 is 1.26 bits per heavy atom. The Hall–Kier alpha value is -2.74. The maximum absolute atomic E-state index is 10.6. The standard InChI is InChI=1S/C17H17NO2.C2HF3O2/c1-20-17-14(19)9-11-6-7-18-13-8-10-4-2-3-5-12(10)16(17)15(11)13;3-2(4,5)1(6)7/h2-5,9,13,18-19H,6-8H2,1H3;(H,6,7)/t13-;/m1./s1. The molecule has 0 radical (unpaired) electrons. The summed E-state index contributed by atoms with van der Waals surface area (Å²) in [5, 5.41) is 21.0. The molecule has 0 spiro atoms. The van der Waals surface area contributed by atoms with Gasteiger partial charge in [-0.3, -0.25) is 0 Å². The maximum atomic E-state index is 10.6. The fourth-order valence-electron chi connectivity index (χ4n) is 3.62. The van der Waals surface area contributed by atoms with Crippen molar-refractivity contribution in [2.24, 2.45) is 0 Å². The molecule has 8 heteroatoms. The second kappa shape index (κ2) is 7.11. The number of methoxy groups -OCH3 is 1. The summed E-state index contributed by atoms with van der Waals surface area (Å²) in [5.41, 5.74) is 6.13. The number of hydrogen-bond acceptors (Lipinski definition) is 4. The number of rotatable bonds is 1. The molecule has 0 bridgehead atoms. The number of benzene rings is 2. The van der Waals surface area contributed by atoms with E-state index >= 15 is 0 Å². The number of phenols is 1. The number of phenolic OH excluding ortho intramolecular Hbond substituents is 1. The van der Waals surface area contributed by atoms with Crippen molar-refractivity contribution in [1.82, 2.24) is 5.32 Å². The quantitative estimate of drug-likeness (QED) is 0.705. The van der Waals surface area contributed by atoms with Crippen LogP contribution in [0.4, 0.5) is 13.2 Å². The second-order valence-corrected chi connectivity index (χ2v) is 6.30. The molecule has 5 nitrogen and oxygen atoms in total. The number of halogens is 3. The van der Waals surface area contributed by atoms with Crippen LogP contribution in [0.25, 0.3) is 11.1 Å². The van der Waals surface area contributed by atoms with Gasteiger partial charge in [0.2, 0.25) is 0 Å². The Morgan fingerprint density at radius 2 is 1.93 bits per heavy atom. The molecule has 1 heterocycles. The molecule has 0 fully saturated rings. The molecule has 1 aliphatic heterocycles. The Labute approximate surface area is 153 Å². The lowest BCUT2D eigenvalue weighted by Crippen LogP contribution is -2.33. The number of hydrogen-bond donors (Lipinski definition) is 3. The number of carboxylic acids is 1. The minimum absolute atomic E-state index is 0.249. The van der Waals surface area contributed by atoms with Crippen molar-refractivity contribution in [2.45, 2.75) is 25.1 Å². The summed E-state index contributed by atoms with van der Waals surface area (Å²) in [4.78, 5) is 8.90. The normalized spacial score (nSPS) is 17.1. The predicted octanol–water partition coefficient (Wildman–Crippen LogP) is 3.44. The summed E-state index contributed by atoms with van der Waals surface area (Å²) in [5.74, 6) is -1.91. The van der Waals surface area contributed by atoms with Gasteiger partial charge in [0.15, 0.2) is 11.5 Å². The van der Waals surface area contributed by atoms with E-state index in [0.717, 1.165) is 24.9 Å². The van der Waals surface area contributed by atoms with Crippen LogP contribution in [0.1, 0.15) is 22.7 Å². The number of carboxylic acid groups (broad SMARTS) is 1. The van der Waals surface area contributed by atoms with Crippen molar-refractivity contribution in [3.8, 4) is 22.6 Å².